The summed E-state index contributed by atoms with van der Waals surface area (Å²) in [6, 6.07) is 5.30. The standard InChI is InChI=1S/C17H24Cl2N2O2/c1-20-11-13-5-3-9-21(12-13)16(22)8-4-10-23-15-7-2-6-14(18)17(15)19/h2,6-7,13,20H,3-5,8-12H2,1H3/t13-/m1/s1. The Morgan fingerprint density at radius 1 is 1.43 bits per heavy atom. The molecule has 128 valence electrons. The van der Waals surface area contributed by atoms with Gasteiger partial charge < -0.3 is 15.0 Å². The van der Waals surface area contributed by atoms with Gasteiger partial charge in [-0.1, -0.05) is 29.3 Å². The van der Waals surface area contributed by atoms with Crippen molar-refractivity contribution in [1.82, 2.24) is 10.2 Å². The first-order chi connectivity index (χ1) is 11.1. The largest absolute Gasteiger partial charge is 0.492 e. The maximum atomic E-state index is 12.3. The van der Waals surface area contributed by atoms with Crippen molar-refractivity contribution in [2.24, 2.45) is 5.92 Å². The zero-order chi connectivity index (χ0) is 16.7. The van der Waals surface area contributed by atoms with Gasteiger partial charge in [0.05, 0.1) is 11.6 Å². The maximum Gasteiger partial charge on any atom is 0.222 e. The molecule has 23 heavy (non-hydrogen) atoms. The lowest BCUT2D eigenvalue weighted by Gasteiger charge is -2.32. The zero-order valence-electron chi connectivity index (χ0n) is 13.5. The SMILES string of the molecule is CNC[C@H]1CCCN(C(=O)CCCOc2cccc(Cl)c2Cl)C1. The number of ether oxygens (including phenoxy) is 1. The zero-order valence-corrected chi connectivity index (χ0v) is 15.0. The molecule has 1 saturated heterocycles. The third kappa shape index (κ3) is 5.55. The van der Waals surface area contributed by atoms with Crippen LogP contribution in [-0.2, 0) is 4.79 Å². The van der Waals surface area contributed by atoms with E-state index in [4.69, 9.17) is 27.9 Å². The van der Waals surface area contributed by atoms with Gasteiger partial charge in [-0.25, -0.2) is 0 Å². The van der Waals surface area contributed by atoms with Crippen LogP contribution in [0.5, 0.6) is 5.75 Å². The van der Waals surface area contributed by atoms with Crippen molar-refractivity contribution in [3.8, 4) is 5.75 Å². The fourth-order valence-electron chi connectivity index (χ4n) is 2.91. The van der Waals surface area contributed by atoms with Gasteiger partial charge >= 0.3 is 0 Å². The molecule has 2 rings (SSSR count). The number of likely N-dealkylation sites (tertiary alicyclic amines) is 1. The molecule has 0 unspecified atom stereocenters. The number of hydrogen-bond acceptors (Lipinski definition) is 3. The molecule has 1 heterocycles. The smallest absolute Gasteiger partial charge is 0.222 e. The molecule has 1 N–H and O–H groups in total. The van der Waals surface area contributed by atoms with Crippen LogP contribution in [0, 0.1) is 5.92 Å². The van der Waals surface area contributed by atoms with Gasteiger partial charge in [-0.3, -0.25) is 4.79 Å². The average Bonchev–Trinajstić information content (AvgIpc) is 2.55. The van der Waals surface area contributed by atoms with Crippen molar-refractivity contribution in [3.05, 3.63) is 28.2 Å². The molecule has 1 aliphatic heterocycles. The summed E-state index contributed by atoms with van der Waals surface area (Å²) in [4.78, 5) is 14.3. The van der Waals surface area contributed by atoms with E-state index in [9.17, 15) is 4.79 Å². The Kier molecular flexibility index (Phi) is 7.47. The van der Waals surface area contributed by atoms with Gasteiger partial charge in [0.2, 0.25) is 5.91 Å². The monoisotopic (exact) mass is 358 g/mol. The van der Waals surface area contributed by atoms with Crippen molar-refractivity contribution in [2.75, 3.05) is 33.3 Å². The number of hydrogen-bond donors (Lipinski definition) is 1. The Balaban J connectivity index is 1.71. The van der Waals surface area contributed by atoms with Crippen LogP contribution < -0.4 is 10.1 Å². The molecule has 1 fully saturated rings. The fourth-order valence-corrected chi connectivity index (χ4v) is 3.25. The van der Waals surface area contributed by atoms with Gasteiger partial charge in [-0.05, 0) is 50.9 Å². The number of piperidine rings is 1. The number of amides is 1. The summed E-state index contributed by atoms with van der Waals surface area (Å²) in [5.74, 6) is 1.35. The lowest BCUT2D eigenvalue weighted by molar-refractivity contribution is -0.133. The normalized spacial score (nSPS) is 18.0. The molecular formula is C17H24Cl2N2O2. The quantitative estimate of drug-likeness (QED) is 0.757. The third-order valence-corrected chi connectivity index (χ3v) is 4.87. The molecule has 0 aliphatic carbocycles. The summed E-state index contributed by atoms with van der Waals surface area (Å²) >= 11 is 12.0. The molecular weight excluding hydrogens is 335 g/mol. The van der Waals surface area contributed by atoms with Crippen LogP contribution in [0.1, 0.15) is 25.7 Å². The summed E-state index contributed by atoms with van der Waals surface area (Å²) in [5.41, 5.74) is 0. The molecule has 6 heteroatoms. The molecule has 1 amide bonds. The van der Waals surface area contributed by atoms with Gasteiger partial charge in [0.25, 0.3) is 0 Å². The predicted octanol–water partition coefficient (Wildman–Crippen LogP) is 3.61. The average molecular weight is 359 g/mol. The van der Waals surface area contributed by atoms with E-state index >= 15 is 0 Å². The van der Waals surface area contributed by atoms with Crippen molar-refractivity contribution >= 4 is 29.1 Å². The Hall–Kier alpha value is -0.970. The first-order valence-electron chi connectivity index (χ1n) is 8.11. The molecule has 0 aromatic heterocycles. The molecule has 1 atom stereocenters. The van der Waals surface area contributed by atoms with Crippen molar-refractivity contribution in [2.45, 2.75) is 25.7 Å². The molecule has 0 saturated carbocycles. The van der Waals surface area contributed by atoms with Gasteiger partial charge in [-0.2, -0.15) is 0 Å². The minimum absolute atomic E-state index is 0.214. The number of nitrogens with one attached hydrogen (secondary N) is 1. The Labute approximate surface area is 148 Å². The molecule has 0 bridgehead atoms. The van der Waals surface area contributed by atoms with E-state index in [1.807, 2.05) is 11.9 Å². The van der Waals surface area contributed by atoms with Gasteiger partial charge in [0.1, 0.15) is 10.8 Å². The molecule has 1 aromatic carbocycles. The van der Waals surface area contributed by atoms with Crippen LogP contribution in [-0.4, -0.2) is 44.1 Å². The van der Waals surface area contributed by atoms with Crippen LogP contribution in [0.4, 0.5) is 0 Å². The molecule has 1 aliphatic rings. The minimum Gasteiger partial charge on any atom is -0.492 e. The Bertz CT molecular complexity index is 523. The minimum atomic E-state index is 0.214. The predicted molar refractivity (Wildman–Crippen MR) is 94.4 cm³/mol. The molecule has 0 radical (unpaired) electrons. The summed E-state index contributed by atoms with van der Waals surface area (Å²) in [7, 11) is 1.96. The maximum absolute atomic E-state index is 12.3. The summed E-state index contributed by atoms with van der Waals surface area (Å²) < 4.78 is 5.62. The van der Waals surface area contributed by atoms with Crippen molar-refractivity contribution in [3.63, 3.8) is 0 Å². The van der Waals surface area contributed by atoms with Crippen LogP contribution in [0.2, 0.25) is 10.0 Å². The van der Waals surface area contributed by atoms with Gasteiger partial charge in [0.15, 0.2) is 0 Å². The lowest BCUT2D eigenvalue weighted by atomic mass is 9.97. The number of carbonyl (C=O) groups excluding carboxylic acids is 1. The van der Waals surface area contributed by atoms with Crippen LogP contribution in [0.25, 0.3) is 0 Å². The van der Waals surface area contributed by atoms with E-state index in [1.54, 1.807) is 18.2 Å². The highest BCUT2D eigenvalue weighted by Crippen LogP contribution is 2.31. The first-order valence-corrected chi connectivity index (χ1v) is 8.86. The van der Waals surface area contributed by atoms with E-state index in [0.29, 0.717) is 41.2 Å². The van der Waals surface area contributed by atoms with E-state index < -0.39 is 0 Å². The second-order valence-electron chi connectivity index (χ2n) is 5.91. The van der Waals surface area contributed by atoms with Gasteiger partial charge in [-0.15, -0.1) is 0 Å². The van der Waals surface area contributed by atoms with Gasteiger partial charge in [0, 0.05) is 19.5 Å². The number of benzene rings is 1. The van der Waals surface area contributed by atoms with E-state index in [1.165, 1.54) is 6.42 Å². The summed E-state index contributed by atoms with van der Waals surface area (Å²) in [6.45, 7) is 3.17. The third-order valence-electron chi connectivity index (χ3n) is 4.07. The Morgan fingerprint density at radius 2 is 2.26 bits per heavy atom. The summed E-state index contributed by atoms with van der Waals surface area (Å²) in [6.07, 6.45) is 3.47. The number of nitrogens with zero attached hydrogens (tertiary/aromatic N) is 1. The second kappa shape index (κ2) is 9.36. The number of carbonyl (C=O) groups is 1. The highest BCUT2D eigenvalue weighted by Gasteiger charge is 2.22. The van der Waals surface area contributed by atoms with Crippen molar-refractivity contribution < 1.29 is 9.53 Å². The first kappa shape index (κ1) is 18.4. The summed E-state index contributed by atoms with van der Waals surface area (Å²) in [5, 5.41) is 4.09. The number of rotatable bonds is 7. The van der Waals surface area contributed by atoms with Crippen molar-refractivity contribution in [1.29, 1.82) is 0 Å². The van der Waals surface area contributed by atoms with E-state index in [-0.39, 0.29) is 5.91 Å². The molecule has 1 aromatic rings. The lowest BCUT2D eigenvalue weighted by Crippen LogP contribution is -2.42. The highest BCUT2D eigenvalue weighted by molar-refractivity contribution is 6.42. The van der Waals surface area contributed by atoms with Crippen LogP contribution in [0.3, 0.4) is 0 Å². The topological polar surface area (TPSA) is 41.6 Å². The van der Waals surface area contributed by atoms with Crippen LogP contribution >= 0.6 is 23.2 Å². The highest BCUT2D eigenvalue weighted by atomic mass is 35.5. The number of halogens is 2. The second-order valence-corrected chi connectivity index (χ2v) is 6.69. The van der Waals surface area contributed by atoms with E-state index in [2.05, 4.69) is 5.32 Å². The van der Waals surface area contributed by atoms with Crippen LogP contribution in [0.15, 0.2) is 18.2 Å². The van der Waals surface area contributed by atoms with E-state index in [0.717, 1.165) is 26.1 Å². The molecule has 0 spiro atoms. The Morgan fingerprint density at radius 3 is 3.04 bits per heavy atom. The fraction of sp³-hybridized carbons (Fsp3) is 0.588. The molecule has 4 nitrogen and oxygen atoms in total.